The van der Waals surface area contributed by atoms with E-state index in [1.165, 1.54) is 0 Å². The Labute approximate surface area is 109 Å². The summed E-state index contributed by atoms with van der Waals surface area (Å²) < 4.78 is 0. The minimum atomic E-state index is -0.176. The molecule has 2 N–H and O–H groups in total. The average Bonchev–Trinajstić information content (AvgIpc) is 2.17. The molecule has 0 fully saturated rings. The maximum Gasteiger partial charge on any atom is 0.211 e. The SMILES string of the molecule is CC(C)(C)c1cc(NC=O)cc(C(C)(C)C)c1O. The van der Waals surface area contributed by atoms with Crippen LogP contribution >= 0.6 is 0 Å². The van der Waals surface area contributed by atoms with Crippen LogP contribution in [0.1, 0.15) is 52.7 Å². The van der Waals surface area contributed by atoms with E-state index >= 15 is 0 Å². The van der Waals surface area contributed by atoms with Crippen LogP contribution in [0.4, 0.5) is 5.69 Å². The highest BCUT2D eigenvalue weighted by atomic mass is 16.3. The first-order valence-electron chi connectivity index (χ1n) is 6.15. The molecule has 1 amide bonds. The Bertz CT molecular complexity index is 416. The first-order chi connectivity index (χ1) is 8.07. The fourth-order valence-electron chi connectivity index (χ4n) is 1.93. The molecule has 3 heteroatoms. The summed E-state index contributed by atoms with van der Waals surface area (Å²) in [4.78, 5) is 10.6. The summed E-state index contributed by atoms with van der Waals surface area (Å²) in [6, 6.07) is 3.66. The van der Waals surface area contributed by atoms with Gasteiger partial charge in [-0.25, -0.2) is 0 Å². The van der Waals surface area contributed by atoms with Gasteiger partial charge in [0.15, 0.2) is 0 Å². The maximum absolute atomic E-state index is 10.6. The summed E-state index contributed by atoms with van der Waals surface area (Å²) >= 11 is 0. The predicted molar refractivity (Wildman–Crippen MR) is 75.2 cm³/mol. The Kier molecular flexibility index (Phi) is 3.75. The zero-order chi connectivity index (χ0) is 14.1. The minimum absolute atomic E-state index is 0.176. The largest absolute Gasteiger partial charge is 0.507 e. The summed E-state index contributed by atoms with van der Waals surface area (Å²) in [7, 11) is 0. The quantitative estimate of drug-likeness (QED) is 0.622. The van der Waals surface area contributed by atoms with E-state index in [2.05, 4.69) is 5.32 Å². The molecule has 100 valence electrons. The Morgan fingerprint density at radius 2 is 1.39 bits per heavy atom. The van der Waals surface area contributed by atoms with Crippen LogP contribution in [0.2, 0.25) is 0 Å². The number of carbonyl (C=O) groups is 1. The third-order valence-electron chi connectivity index (χ3n) is 2.95. The Balaban J connectivity index is 3.53. The van der Waals surface area contributed by atoms with Gasteiger partial charge in [-0.3, -0.25) is 4.79 Å². The number of hydrogen-bond acceptors (Lipinski definition) is 2. The van der Waals surface area contributed by atoms with Gasteiger partial charge in [-0.05, 0) is 23.0 Å². The molecular formula is C15H23NO2. The van der Waals surface area contributed by atoms with Crippen LogP contribution in [0, 0.1) is 0 Å². The zero-order valence-corrected chi connectivity index (χ0v) is 12.1. The number of anilines is 1. The molecule has 0 aliphatic heterocycles. The van der Waals surface area contributed by atoms with Crippen molar-refractivity contribution >= 4 is 12.1 Å². The van der Waals surface area contributed by atoms with Gasteiger partial charge in [-0.2, -0.15) is 0 Å². The summed E-state index contributed by atoms with van der Waals surface area (Å²) in [5.74, 6) is 0.325. The fraction of sp³-hybridized carbons (Fsp3) is 0.533. The highest BCUT2D eigenvalue weighted by Gasteiger charge is 2.26. The van der Waals surface area contributed by atoms with Gasteiger partial charge in [0, 0.05) is 16.8 Å². The van der Waals surface area contributed by atoms with E-state index in [-0.39, 0.29) is 10.8 Å². The molecule has 0 heterocycles. The molecule has 3 nitrogen and oxygen atoms in total. The van der Waals surface area contributed by atoms with Gasteiger partial charge < -0.3 is 10.4 Å². The van der Waals surface area contributed by atoms with Crippen LogP contribution < -0.4 is 5.32 Å². The van der Waals surface area contributed by atoms with Crippen molar-refractivity contribution in [2.24, 2.45) is 0 Å². The molecule has 0 aromatic heterocycles. The second-order valence-corrected chi connectivity index (χ2v) is 6.68. The van der Waals surface area contributed by atoms with Crippen molar-refractivity contribution in [3.63, 3.8) is 0 Å². The Morgan fingerprint density at radius 1 is 1.00 bits per heavy atom. The highest BCUT2D eigenvalue weighted by Crippen LogP contribution is 2.40. The van der Waals surface area contributed by atoms with Gasteiger partial charge in [0.2, 0.25) is 6.41 Å². The molecule has 0 radical (unpaired) electrons. The van der Waals surface area contributed by atoms with Crippen molar-refractivity contribution in [1.82, 2.24) is 0 Å². The Morgan fingerprint density at radius 3 is 1.67 bits per heavy atom. The standard InChI is InChI=1S/C15H23NO2/c1-14(2,3)11-7-10(16-9-17)8-12(13(11)18)15(4,5)6/h7-9,18H,1-6H3,(H,16,17). The normalized spacial score (nSPS) is 12.3. The summed E-state index contributed by atoms with van der Waals surface area (Å²) in [6.07, 6.45) is 0.658. The average molecular weight is 249 g/mol. The third-order valence-corrected chi connectivity index (χ3v) is 2.95. The van der Waals surface area contributed by atoms with E-state index in [0.717, 1.165) is 16.8 Å². The van der Waals surface area contributed by atoms with Crippen LogP contribution in [0.15, 0.2) is 12.1 Å². The van der Waals surface area contributed by atoms with Gasteiger partial charge in [0.1, 0.15) is 5.75 Å². The second-order valence-electron chi connectivity index (χ2n) is 6.68. The molecule has 0 aliphatic carbocycles. The number of nitrogens with one attached hydrogen (secondary N) is 1. The van der Waals surface area contributed by atoms with E-state index in [9.17, 15) is 9.90 Å². The lowest BCUT2D eigenvalue weighted by Crippen LogP contribution is -2.17. The molecule has 0 atom stereocenters. The third kappa shape index (κ3) is 3.03. The smallest absolute Gasteiger partial charge is 0.211 e. The van der Waals surface area contributed by atoms with Gasteiger partial charge in [-0.15, -0.1) is 0 Å². The summed E-state index contributed by atoms with van der Waals surface area (Å²) in [6.45, 7) is 12.2. The van der Waals surface area contributed by atoms with Crippen molar-refractivity contribution in [3.8, 4) is 5.75 Å². The molecule has 0 aliphatic rings. The van der Waals surface area contributed by atoms with Gasteiger partial charge >= 0.3 is 0 Å². The molecule has 0 spiro atoms. The van der Waals surface area contributed by atoms with E-state index in [1.54, 1.807) is 0 Å². The van der Waals surface area contributed by atoms with Crippen LogP contribution in [0.25, 0.3) is 0 Å². The Hall–Kier alpha value is -1.51. The predicted octanol–water partition coefficient (Wildman–Crippen LogP) is 3.56. The first kappa shape index (κ1) is 14.6. The molecule has 1 aromatic carbocycles. The van der Waals surface area contributed by atoms with E-state index in [1.807, 2.05) is 53.7 Å². The zero-order valence-electron chi connectivity index (χ0n) is 12.1. The lowest BCUT2D eigenvalue weighted by atomic mass is 9.79. The van der Waals surface area contributed by atoms with E-state index in [0.29, 0.717) is 12.2 Å². The maximum atomic E-state index is 10.6. The summed E-state index contributed by atoms with van der Waals surface area (Å²) in [5, 5.41) is 13.1. The van der Waals surface area contributed by atoms with E-state index in [4.69, 9.17) is 0 Å². The van der Waals surface area contributed by atoms with Crippen LogP contribution in [0.5, 0.6) is 5.75 Å². The van der Waals surface area contributed by atoms with Crippen molar-refractivity contribution in [2.45, 2.75) is 52.4 Å². The topological polar surface area (TPSA) is 49.3 Å². The number of hydrogen-bond donors (Lipinski definition) is 2. The lowest BCUT2D eigenvalue weighted by molar-refractivity contribution is -0.105. The molecule has 0 unspecified atom stereocenters. The molecular weight excluding hydrogens is 226 g/mol. The van der Waals surface area contributed by atoms with Crippen molar-refractivity contribution in [3.05, 3.63) is 23.3 Å². The number of aromatic hydroxyl groups is 1. The monoisotopic (exact) mass is 249 g/mol. The van der Waals surface area contributed by atoms with Crippen molar-refractivity contribution in [1.29, 1.82) is 0 Å². The molecule has 0 saturated carbocycles. The minimum Gasteiger partial charge on any atom is -0.507 e. The number of amides is 1. The van der Waals surface area contributed by atoms with Crippen LogP contribution in [0.3, 0.4) is 0 Å². The fourth-order valence-corrected chi connectivity index (χ4v) is 1.93. The van der Waals surface area contributed by atoms with Gasteiger partial charge in [-0.1, -0.05) is 41.5 Å². The first-order valence-corrected chi connectivity index (χ1v) is 6.15. The van der Waals surface area contributed by atoms with Gasteiger partial charge in [0.25, 0.3) is 0 Å². The van der Waals surface area contributed by atoms with Crippen LogP contribution in [-0.4, -0.2) is 11.5 Å². The number of carbonyl (C=O) groups excluding carboxylic acids is 1. The number of benzene rings is 1. The molecule has 18 heavy (non-hydrogen) atoms. The van der Waals surface area contributed by atoms with Gasteiger partial charge in [0.05, 0.1) is 0 Å². The van der Waals surface area contributed by atoms with Crippen molar-refractivity contribution < 1.29 is 9.90 Å². The number of rotatable bonds is 2. The van der Waals surface area contributed by atoms with Crippen LogP contribution in [-0.2, 0) is 15.6 Å². The second kappa shape index (κ2) is 4.63. The van der Waals surface area contributed by atoms with Crippen molar-refractivity contribution in [2.75, 3.05) is 5.32 Å². The number of phenolic OH excluding ortho intramolecular Hbond substituents is 1. The molecule has 1 rings (SSSR count). The summed E-state index contributed by atoms with van der Waals surface area (Å²) in [5.41, 5.74) is 2.06. The molecule has 0 bridgehead atoms. The molecule has 1 aromatic rings. The molecule has 0 saturated heterocycles. The lowest BCUT2D eigenvalue weighted by Gasteiger charge is -2.28. The highest BCUT2D eigenvalue weighted by molar-refractivity contribution is 5.73. The van der Waals surface area contributed by atoms with E-state index < -0.39 is 0 Å². The number of phenols is 1.